The van der Waals surface area contributed by atoms with Gasteiger partial charge in [-0.2, -0.15) is 5.26 Å². The monoisotopic (exact) mass is 399 g/mol. The summed E-state index contributed by atoms with van der Waals surface area (Å²) in [5.41, 5.74) is 0.682. The van der Waals surface area contributed by atoms with E-state index in [1.807, 2.05) is 6.07 Å². The van der Waals surface area contributed by atoms with E-state index < -0.39 is 10.0 Å². The number of furan rings is 1. The standard InChI is InChI=1S/C20H21N3O4S/c1-14-8-10-23(11-9-14)20(24)16(13-21)12-17-4-7-19(27-17)15-2-5-18(6-3-15)28(22,25)26/h2-7,12,14H,8-11H2,1H3,(H2,22,25,26)/b16-12-. The zero-order valence-corrected chi connectivity index (χ0v) is 16.3. The first-order valence-corrected chi connectivity index (χ1v) is 10.5. The zero-order chi connectivity index (χ0) is 20.3. The van der Waals surface area contributed by atoms with Crippen LogP contribution in [0, 0.1) is 17.2 Å². The van der Waals surface area contributed by atoms with Crippen molar-refractivity contribution in [3.63, 3.8) is 0 Å². The van der Waals surface area contributed by atoms with Crippen molar-refractivity contribution in [1.29, 1.82) is 5.26 Å². The van der Waals surface area contributed by atoms with Gasteiger partial charge >= 0.3 is 0 Å². The highest BCUT2D eigenvalue weighted by Crippen LogP contribution is 2.25. The van der Waals surface area contributed by atoms with E-state index in [0.29, 0.717) is 36.1 Å². The number of amides is 1. The molecular formula is C20H21N3O4S. The van der Waals surface area contributed by atoms with Crippen LogP contribution >= 0.6 is 0 Å². The molecule has 0 atom stereocenters. The Morgan fingerprint density at radius 1 is 1.21 bits per heavy atom. The fourth-order valence-electron chi connectivity index (χ4n) is 3.06. The Balaban J connectivity index is 1.78. The van der Waals surface area contributed by atoms with Gasteiger partial charge in [-0.05, 0) is 55.2 Å². The summed E-state index contributed by atoms with van der Waals surface area (Å²) >= 11 is 0. The fourth-order valence-corrected chi connectivity index (χ4v) is 3.58. The van der Waals surface area contributed by atoms with Gasteiger partial charge in [0.1, 0.15) is 23.2 Å². The van der Waals surface area contributed by atoms with Gasteiger partial charge in [-0.15, -0.1) is 0 Å². The van der Waals surface area contributed by atoms with Crippen molar-refractivity contribution in [1.82, 2.24) is 4.90 Å². The maximum absolute atomic E-state index is 12.6. The molecule has 2 heterocycles. The number of hydrogen-bond acceptors (Lipinski definition) is 5. The normalized spacial score (nSPS) is 16.0. The van der Waals surface area contributed by atoms with Gasteiger partial charge in [-0.1, -0.05) is 6.92 Å². The molecule has 8 heteroatoms. The molecule has 0 radical (unpaired) electrons. The van der Waals surface area contributed by atoms with Crippen LogP contribution in [0.5, 0.6) is 0 Å². The lowest BCUT2D eigenvalue weighted by Gasteiger charge is -2.30. The fraction of sp³-hybridized carbons (Fsp3) is 0.300. The first-order chi connectivity index (χ1) is 13.3. The maximum Gasteiger partial charge on any atom is 0.264 e. The molecule has 28 heavy (non-hydrogen) atoms. The molecule has 1 saturated heterocycles. The Morgan fingerprint density at radius 2 is 1.86 bits per heavy atom. The third kappa shape index (κ3) is 4.50. The van der Waals surface area contributed by atoms with E-state index in [4.69, 9.17) is 9.56 Å². The van der Waals surface area contributed by atoms with Gasteiger partial charge in [-0.3, -0.25) is 4.79 Å². The molecule has 7 nitrogen and oxygen atoms in total. The van der Waals surface area contributed by atoms with Crippen LogP contribution in [0.3, 0.4) is 0 Å². The largest absolute Gasteiger partial charge is 0.457 e. The summed E-state index contributed by atoms with van der Waals surface area (Å²) in [6.45, 7) is 3.46. The van der Waals surface area contributed by atoms with Crippen molar-refractivity contribution < 1.29 is 17.6 Å². The quantitative estimate of drug-likeness (QED) is 0.626. The number of sulfonamides is 1. The van der Waals surface area contributed by atoms with E-state index in [1.54, 1.807) is 29.2 Å². The van der Waals surface area contributed by atoms with Crippen LogP contribution in [0.25, 0.3) is 17.4 Å². The molecule has 1 aliphatic rings. The minimum Gasteiger partial charge on any atom is -0.457 e. The second-order valence-corrected chi connectivity index (χ2v) is 8.48. The van der Waals surface area contributed by atoms with Crippen LogP contribution in [0.2, 0.25) is 0 Å². The lowest BCUT2D eigenvalue weighted by molar-refractivity contribution is -0.127. The Labute approximate surface area is 164 Å². The number of rotatable bonds is 4. The number of carbonyl (C=O) groups excluding carboxylic acids is 1. The number of hydrogen-bond donors (Lipinski definition) is 1. The minimum atomic E-state index is -3.76. The van der Waals surface area contributed by atoms with Crippen molar-refractivity contribution in [2.45, 2.75) is 24.7 Å². The molecule has 0 saturated carbocycles. The SMILES string of the molecule is CC1CCN(C(=O)/C(C#N)=C\c2ccc(-c3ccc(S(N)(=O)=O)cc3)o2)CC1. The summed E-state index contributed by atoms with van der Waals surface area (Å²) in [7, 11) is -3.76. The molecule has 146 valence electrons. The highest BCUT2D eigenvalue weighted by atomic mass is 32.2. The van der Waals surface area contributed by atoms with Crippen molar-refractivity contribution in [2.24, 2.45) is 11.1 Å². The highest BCUT2D eigenvalue weighted by molar-refractivity contribution is 7.89. The van der Waals surface area contributed by atoms with Gasteiger partial charge in [0.15, 0.2) is 0 Å². The second kappa shape index (κ2) is 8.00. The van der Waals surface area contributed by atoms with E-state index in [0.717, 1.165) is 12.8 Å². The first-order valence-electron chi connectivity index (χ1n) is 8.92. The molecule has 1 aromatic heterocycles. The minimum absolute atomic E-state index is 0.0103. The topological polar surface area (TPSA) is 117 Å². The number of primary sulfonamides is 1. The van der Waals surface area contributed by atoms with Gasteiger partial charge in [0.25, 0.3) is 5.91 Å². The van der Waals surface area contributed by atoms with Crippen molar-refractivity contribution in [3.8, 4) is 17.4 Å². The van der Waals surface area contributed by atoms with Gasteiger partial charge in [0.2, 0.25) is 10.0 Å². The van der Waals surface area contributed by atoms with Crippen molar-refractivity contribution >= 4 is 22.0 Å². The average Bonchev–Trinajstić information content (AvgIpc) is 3.14. The molecule has 1 fully saturated rings. The average molecular weight is 399 g/mol. The summed E-state index contributed by atoms with van der Waals surface area (Å²) in [4.78, 5) is 14.3. The van der Waals surface area contributed by atoms with Gasteiger partial charge in [0.05, 0.1) is 4.90 Å². The number of nitrogens with two attached hydrogens (primary N) is 1. The van der Waals surface area contributed by atoms with Crippen LogP contribution in [0.4, 0.5) is 0 Å². The molecule has 0 unspecified atom stereocenters. The molecule has 2 N–H and O–H groups in total. The van der Waals surface area contributed by atoms with Gasteiger partial charge < -0.3 is 9.32 Å². The summed E-state index contributed by atoms with van der Waals surface area (Å²) in [6.07, 6.45) is 3.30. The van der Waals surface area contributed by atoms with Crippen LogP contribution in [0.1, 0.15) is 25.5 Å². The zero-order valence-electron chi connectivity index (χ0n) is 15.5. The molecule has 1 amide bonds. The number of carbonyl (C=O) groups is 1. The Hall–Kier alpha value is -2.89. The second-order valence-electron chi connectivity index (χ2n) is 6.92. The van der Waals surface area contributed by atoms with Gasteiger partial charge in [0, 0.05) is 24.7 Å². The molecule has 0 bridgehead atoms. The predicted molar refractivity (Wildman–Crippen MR) is 104 cm³/mol. The van der Waals surface area contributed by atoms with E-state index in [2.05, 4.69) is 6.92 Å². The number of nitriles is 1. The van der Waals surface area contributed by atoms with Gasteiger partial charge in [-0.25, -0.2) is 13.6 Å². The Bertz CT molecular complexity index is 1040. The molecule has 0 aliphatic carbocycles. The van der Waals surface area contributed by atoms with Crippen molar-refractivity contribution in [2.75, 3.05) is 13.1 Å². The van der Waals surface area contributed by atoms with Crippen LogP contribution in [-0.4, -0.2) is 32.3 Å². The molecule has 1 aromatic carbocycles. The third-order valence-corrected chi connectivity index (χ3v) is 5.73. The predicted octanol–water partition coefficient (Wildman–Crippen LogP) is 2.76. The number of piperidine rings is 1. The first kappa shape index (κ1) is 19.9. The molecule has 0 spiro atoms. The lowest BCUT2D eigenvalue weighted by atomic mass is 9.98. The summed E-state index contributed by atoms with van der Waals surface area (Å²) in [5, 5.41) is 14.5. The molecule has 1 aliphatic heterocycles. The number of likely N-dealkylation sites (tertiary alicyclic amines) is 1. The van der Waals surface area contributed by atoms with Crippen LogP contribution in [-0.2, 0) is 14.8 Å². The van der Waals surface area contributed by atoms with Crippen LogP contribution < -0.4 is 5.14 Å². The van der Waals surface area contributed by atoms with Crippen molar-refractivity contribution in [3.05, 3.63) is 47.7 Å². The Morgan fingerprint density at radius 3 is 2.43 bits per heavy atom. The smallest absolute Gasteiger partial charge is 0.264 e. The summed E-state index contributed by atoms with van der Waals surface area (Å²) in [6, 6.07) is 11.3. The molecular weight excluding hydrogens is 378 g/mol. The number of benzene rings is 1. The van der Waals surface area contributed by atoms with E-state index >= 15 is 0 Å². The van der Waals surface area contributed by atoms with Crippen LogP contribution in [0.15, 0.2) is 51.3 Å². The highest BCUT2D eigenvalue weighted by Gasteiger charge is 2.23. The Kier molecular flexibility index (Phi) is 5.68. The summed E-state index contributed by atoms with van der Waals surface area (Å²) in [5.74, 6) is 1.17. The third-order valence-electron chi connectivity index (χ3n) is 4.80. The summed E-state index contributed by atoms with van der Waals surface area (Å²) < 4.78 is 28.4. The maximum atomic E-state index is 12.6. The lowest BCUT2D eigenvalue weighted by Crippen LogP contribution is -2.38. The molecule has 2 aromatic rings. The van der Waals surface area contributed by atoms with E-state index in [-0.39, 0.29) is 16.4 Å². The van der Waals surface area contributed by atoms with E-state index in [1.165, 1.54) is 18.2 Å². The number of nitrogens with zero attached hydrogens (tertiary/aromatic N) is 2. The van der Waals surface area contributed by atoms with E-state index in [9.17, 15) is 18.5 Å². The molecule has 3 rings (SSSR count).